The summed E-state index contributed by atoms with van der Waals surface area (Å²) in [5.74, 6) is -0.412. The molecular formula is C20H25N5O2. The monoisotopic (exact) mass is 367 g/mol. The maximum Gasteiger partial charge on any atom is 0.313 e. The summed E-state index contributed by atoms with van der Waals surface area (Å²) >= 11 is 0. The predicted octanol–water partition coefficient (Wildman–Crippen LogP) is 1.89. The van der Waals surface area contributed by atoms with Gasteiger partial charge in [-0.1, -0.05) is 32.0 Å². The zero-order valence-corrected chi connectivity index (χ0v) is 15.8. The van der Waals surface area contributed by atoms with Crippen LogP contribution in [0.25, 0.3) is 0 Å². The van der Waals surface area contributed by atoms with Crippen LogP contribution in [0.1, 0.15) is 25.0 Å². The second kappa shape index (κ2) is 8.62. The lowest BCUT2D eigenvalue weighted by Crippen LogP contribution is -2.52. The van der Waals surface area contributed by atoms with Crippen molar-refractivity contribution in [1.82, 2.24) is 14.9 Å². The molecule has 0 saturated carbocycles. The predicted molar refractivity (Wildman–Crippen MR) is 105 cm³/mol. The second-order valence-electron chi connectivity index (χ2n) is 6.44. The summed E-state index contributed by atoms with van der Waals surface area (Å²) in [5.41, 5.74) is 2.86. The Kier molecular flexibility index (Phi) is 6.01. The summed E-state index contributed by atoms with van der Waals surface area (Å²) in [5, 5.41) is 2.85. The highest BCUT2D eigenvalue weighted by Crippen LogP contribution is 2.22. The number of benzene rings is 1. The van der Waals surface area contributed by atoms with Crippen LogP contribution in [0.3, 0.4) is 0 Å². The van der Waals surface area contributed by atoms with Crippen molar-refractivity contribution in [2.24, 2.45) is 0 Å². The first-order valence-corrected chi connectivity index (χ1v) is 9.37. The van der Waals surface area contributed by atoms with Gasteiger partial charge in [0.15, 0.2) is 0 Å². The van der Waals surface area contributed by atoms with E-state index in [2.05, 4.69) is 15.3 Å². The van der Waals surface area contributed by atoms with E-state index in [0.29, 0.717) is 32.1 Å². The molecular weight excluding hydrogens is 342 g/mol. The molecule has 7 heteroatoms. The van der Waals surface area contributed by atoms with Crippen molar-refractivity contribution < 1.29 is 9.59 Å². The first-order valence-electron chi connectivity index (χ1n) is 9.37. The van der Waals surface area contributed by atoms with Gasteiger partial charge in [0.1, 0.15) is 0 Å². The van der Waals surface area contributed by atoms with Gasteiger partial charge in [0, 0.05) is 44.3 Å². The molecule has 1 aromatic heterocycles. The summed E-state index contributed by atoms with van der Waals surface area (Å²) in [7, 11) is 0. The number of amides is 2. The summed E-state index contributed by atoms with van der Waals surface area (Å²) in [6, 6.07) is 7.72. The second-order valence-corrected chi connectivity index (χ2v) is 6.44. The Bertz CT molecular complexity index is 779. The largest absolute Gasteiger partial charge is 0.337 e. The van der Waals surface area contributed by atoms with E-state index in [1.54, 1.807) is 23.4 Å². The normalized spacial score (nSPS) is 14.1. The minimum atomic E-state index is -0.574. The molecule has 1 fully saturated rings. The van der Waals surface area contributed by atoms with Crippen LogP contribution in [-0.4, -0.2) is 52.9 Å². The average molecular weight is 367 g/mol. The van der Waals surface area contributed by atoms with Crippen LogP contribution in [0.5, 0.6) is 0 Å². The van der Waals surface area contributed by atoms with Gasteiger partial charge in [-0.25, -0.2) is 9.97 Å². The lowest BCUT2D eigenvalue weighted by molar-refractivity contribution is -0.143. The number of anilines is 2. The molecule has 0 atom stereocenters. The van der Waals surface area contributed by atoms with Crippen LogP contribution < -0.4 is 10.2 Å². The molecule has 0 bridgehead atoms. The Labute approximate surface area is 159 Å². The van der Waals surface area contributed by atoms with Crippen LogP contribution in [0.4, 0.5) is 11.6 Å². The first-order chi connectivity index (χ1) is 13.1. The number of rotatable bonds is 4. The van der Waals surface area contributed by atoms with Crippen molar-refractivity contribution in [3.05, 3.63) is 47.8 Å². The number of carbonyl (C=O) groups is 2. The lowest BCUT2D eigenvalue weighted by atomic mass is 10.0. The quantitative estimate of drug-likeness (QED) is 0.835. The average Bonchev–Trinajstić information content (AvgIpc) is 2.74. The van der Waals surface area contributed by atoms with E-state index in [0.717, 1.165) is 29.7 Å². The molecule has 2 aromatic rings. The Balaban J connectivity index is 1.63. The Morgan fingerprint density at radius 1 is 0.963 bits per heavy atom. The highest BCUT2D eigenvalue weighted by atomic mass is 16.2. The zero-order chi connectivity index (χ0) is 19.2. The molecule has 0 aliphatic carbocycles. The molecule has 2 amide bonds. The fraction of sp³-hybridized carbons (Fsp3) is 0.400. The van der Waals surface area contributed by atoms with Crippen LogP contribution >= 0.6 is 0 Å². The highest BCUT2D eigenvalue weighted by molar-refractivity contribution is 6.39. The third-order valence-electron chi connectivity index (χ3n) is 4.83. The standard InChI is InChI=1S/C20H25N5O2/c1-3-15-7-5-8-16(4-2)17(15)23-18(26)19(27)24-11-13-25(14-12-24)20-21-9-6-10-22-20/h5-10H,3-4,11-14H2,1-2H3,(H,23,26). The number of aryl methyl sites for hydroxylation is 2. The highest BCUT2D eigenvalue weighted by Gasteiger charge is 2.27. The van der Waals surface area contributed by atoms with Gasteiger partial charge in [-0.3, -0.25) is 9.59 Å². The van der Waals surface area contributed by atoms with E-state index in [4.69, 9.17) is 0 Å². The Morgan fingerprint density at radius 3 is 2.11 bits per heavy atom. The molecule has 27 heavy (non-hydrogen) atoms. The summed E-state index contributed by atoms with van der Waals surface area (Å²) in [6.07, 6.45) is 4.99. The van der Waals surface area contributed by atoms with E-state index in [1.165, 1.54) is 0 Å². The fourth-order valence-electron chi connectivity index (χ4n) is 3.28. The summed E-state index contributed by atoms with van der Waals surface area (Å²) < 4.78 is 0. The Morgan fingerprint density at radius 2 is 1.56 bits per heavy atom. The number of nitrogens with one attached hydrogen (secondary N) is 1. The molecule has 0 unspecified atom stereocenters. The van der Waals surface area contributed by atoms with Crippen LogP contribution in [-0.2, 0) is 22.4 Å². The van der Waals surface area contributed by atoms with E-state index < -0.39 is 11.8 Å². The van der Waals surface area contributed by atoms with Gasteiger partial charge in [-0.05, 0) is 30.0 Å². The molecule has 2 heterocycles. The zero-order valence-electron chi connectivity index (χ0n) is 15.8. The molecule has 0 spiro atoms. The molecule has 142 valence electrons. The van der Waals surface area contributed by atoms with Gasteiger partial charge in [-0.2, -0.15) is 0 Å². The smallest absolute Gasteiger partial charge is 0.313 e. The number of hydrogen-bond donors (Lipinski definition) is 1. The maximum atomic E-state index is 12.6. The third kappa shape index (κ3) is 4.24. The lowest BCUT2D eigenvalue weighted by Gasteiger charge is -2.34. The van der Waals surface area contributed by atoms with Crippen molar-refractivity contribution >= 4 is 23.5 Å². The van der Waals surface area contributed by atoms with Crippen molar-refractivity contribution in [2.75, 3.05) is 36.4 Å². The molecule has 1 N–H and O–H groups in total. The minimum absolute atomic E-state index is 0.473. The van der Waals surface area contributed by atoms with Gasteiger partial charge in [-0.15, -0.1) is 0 Å². The van der Waals surface area contributed by atoms with Crippen LogP contribution in [0, 0.1) is 0 Å². The van der Waals surface area contributed by atoms with Crippen molar-refractivity contribution in [2.45, 2.75) is 26.7 Å². The first kappa shape index (κ1) is 18.8. The number of carbonyl (C=O) groups excluding carboxylic acids is 2. The number of piperazine rings is 1. The molecule has 3 rings (SSSR count). The molecule has 1 saturated heterocycles. The molecule has 1 aliphatic rings. The summed E-state index contributed by atoms with van der Waals surface area (Å²) in [4.78, 5) is 37.2. The fourth-order valence-corrected chi connectivity index (χ4v) is 3.28. The number of para-hydroxylation sites is 1. The van der Waals surface area contributed by atoms with Gasteiger partial charge in [0.25, 0.3) is 0 Å². The Hall–Kier alpha value is -2.96. The van der Waals surface area contributed by atoms with Crippen molar-refractivity contribution in [3.63, 3.8) is 0 Å². The van der Waals surface area contributed by atoms with Crippen LogP contribution in [0.15, 0.2) is 36.7 Å². The van der Waals surface area contributed by atoms with E-state index in [9.17, 15) is 9.59 Å². The van der Waals surface area contributed by atoms with Gasteiger partial charge in [0.05, 0.1) is 0 Å². The summed E-state index contributed by atoms with van der Waals surface area (Å²) in [6.45, 7) is 6.24. The van der Waals surface area contributed by atoms with Gasteiger partial charge >= 0.3 is 11.8 Å². The third-order valence-corrected chi connectivity index (χ3v) is 4.83. The van der Waals surface area contributed by atoms with E-state index >= 15 is 0 Å². The number of aromatic nitrogens is 2. The number of hydrogen-bond acceptors (Lipinski definition) is 5. The van der Waals surface area contributed by atoms with E-state index in [1.807, 2.05) is 36.9 Å². The molecule has 1 aliphatic heterocycles. The van der Waals surface area contributed by atoms with Gasteiger partial charge < -0.3 is 15.1 Å². The molecule has 0 radical (unpaired) electrons. The minimum Gasteiger partial charge on any atom is -0.337 e. The SMILES string of the molecule is CCc1cccc(CC)c1NC(=O)C(=O)N1CCN(c2ncccn2)CC1. The van der Waals surface area contributed by atoms with Crippen LogP contribution in [0.2, 0.25) is 0 Å². The van der Waals surface area contributed by atoms with Crippen molar-refractivity contribution in [1.29, 1.82) is 0 Å². The molecule has 1 aromatic carbocycles. The topological polar surface area (TPSA) is 78.4 Å². The van der Waals surface area contributed by atoms with Gasteiger partial charge in [0.2, 0.25) is 5.95 Å². The maximum absolute atomic E-state index is 12.6. The van der Waals surface area contributed by atoms with E-state index in [-0.39, 0.29) is 0 Å². The number of nitrogens with zero attached hydrogens (tertiary/aromatic N) is 4. The van der Waals surface area contributed by atoms with Crippen molar-refractivity contribution in [3.8, 4) is 0 Å². The molecule has 7 nitrogen and oxygen atoms in total.